The Balaban J connectivity index is 1.42. The maximum atomic E-state index is 11.9. The van der Waals surface area contributed by atoms with Gasteiger partial charge in [-0.3, -0.25) is 4.79 Å². The second-order valence-electron chi connectivity index (χ2n) is 6.90. The molecule has 0 radical (unpaired) electrons. The fourth-order valence-electron chi connectivity index (χ4n) is 2.66. The number of furan rings is 1. The number of hydrazone groups is 1. The van der Waals surface area contributed by atoms with Gasteiger partial charge in [-0.25, -0.2) is 10.2 Å². The highest BCUT2D eigenvalue weighted by Crippen LogP contribution is 2.21. The molecule has 1 atom stereocenters. The van der Waals surface area contributed by atoms with Crippen LogP contribution in [0.15, 0.2) is 76.4 Å². The number of carbonyl (C=O) groups excluding carboxylic acids is 2. The third-order valence-electron chi connectivity index (χ3n) is 4.65. The Morgan fingerprint density at radius 3 is 2.42 bits per heavy atom. The van der Waals surface area contributed by atoms with Gasteiger partial charge in [-0.05, 0) is 72.0 Å². The SMILES string of the molecule is CC[C@@H](C)c1ccc(OCC(=O)NN=Cc2ccc(OC(=O)c3ccco3)cc2)cc1. The second kappa shape index (κ2) is 10.8. The lowest BCUT2D eigenvalue weighted by molar-refractivity contribution is -0.123. The Morgan fingerprint density at radius 2 is 1.77 bits per heavy atom. The number of rotatable bonds is 9. The van der Waals surface area contributed by atoms with Crippen molar-refractivity contribution in [2.75, 3.05) is 6.61 Å². The van der Waals surface area contributed by atoms with Crippen molar-refractivity contribution in [3.05, 3.63) is 83.8 Å². The molecule has 7 nitrogen and oxygen atoms in total. The maximum Gasteiger partial charge on any atom is 0.379 e. The van der Waals surface area contributed by atoms with Crippen molar-refractivity contribution in [3.63, 3.8) is 0 Å². The predicted molar refractivity (Wildman–Crippen MR) is 116 cm³/mol. The minimum atomic E-state index is -0.576. The number of carbonyl (C=O) groups is 2. The minimum Gasteiger partial charge on any atom is -0.484 e. The molecule has 1 heterocycles. The molecule has 0 aliphatic rings. The first-order valence-electron chi connectivity index (χ1n) is 9.95. The molecule has 0 bridgehead atoms. The topological polar surface area (TPSA) is 90.1 Å². The molecule has 0 saturated heterocycles. The smallest absolute Gasteiger partial charge is 0.379 e. The van der Waals surface area contributed by atoms with Crippen molar-refractivity contribution >= 4 is 18.1 Å². The van der Waals surface area contributed by atoms with Gasteiger partial charge in [0.05, 0.1) is 12.5 Å². The summed E-state index contributed by atoms with van der Waals surface area (Å²) in [4.78, 5) is 23.7. The van der Waals surface area contributed by atoms with Crippen molar-refractivity contribution in [2.24, 2.45) is 5.10 Å². The molecule has 0 unspecified atom stereocenters. The molecule has 160 valence electrons. The summed E-state index contributed by atoms with van der Waals surface area (Å²) in [5.74, 6) is 0.673. The quantitative estimate of drug-likeness (QED) is 0.238. The van der Waals surface area contributed by atoms with E-state index in [0.717, 1.165) is 12.0 Å². The van der Waals surface area contributed by atoms with Gasteiger partial charge >= 0.3 is 5.97 Å². The molecule has 31 heavy (non-hydrogen) atoms. The van der Waals surface area contributed by atoms with Gasteiger partial charge in [0.2, 0.25) is 5.76 Å². The third-order valence-corrected chi connectivity index (χ3v) is 4.65. The predicted octanol–water partition coefficient (Wildman–Crippen LogP) is 4.54. The Labute approximate surface area is 180 Å². The van der Waals surface area contributed by atoms with Gasteiger partial charge in [0.25, 0.3) is 5.91 Å². The highest BCUT2D eigenvalue weighted by molar-refractivity contribution is 5.88. The average molecular weight is 420 g/mol. The lowest BCUT2D eigenvalue weighted by Gasteiger charge is -2.10. The van der Waals surface area contributed by atoms with Crippen molar-refractivity contribution in [2.45, 2.75) is 26.2 Å². The first-order valence-corrected chi connectivity index (χ1v) is 9.95. The summed E-state index contributed by atoms with van der Waals surface area (Å²) in [6.07, 6.45) is 3.95. The van der Waals surface area contributed by atoms with E-state index in [1.807, 2.05) is 24.3 Å². The van der Waals surface area contributed by atoms with Crippen LogP contribution in [-0.2, 0) is 4.79 Å². The van der Waals surface area contributed by atoms with Crippen LogP contribution in [-0.4, -0.2) is 24.7 Å². The number of hydrogen-bond donors (Lipinski definition) is 1. The van der Waals surface area contributed by atoms with Crippen molar-refractivity contribution in [3.8, 4) is 11.5 Å². The first kappa shape index (κ1) is 21.8. The maximum absolute atomic E-state index is 11.9. The summed E-state index contributed by atoms with van der Waals surface area (Å²) in [5, 5.41) is 3.91. The largest absolute Gasteiger partial charge is 0.484 e. The second-order valence-corrected chi connectivity index (χ2v) is 6.90. The first-order chi connectivity index (χ1) is 15.0. The van der Waals surface area contributed by atoms with E-state index in [1.165, 1.54) is 24.1 Å². The van der Waals surface area contributed by atoms with Crippen molar-refractivity contribution < 1.29 is 23.5 Å². The molecule has 0 aliphatic carbocycles. The van der Waals surface area contributed by atoms with Crippen LogP contribution in [0.4, 0.5) is 0 Å². The molecule has 1 amide bonds. The zero-order valence-electron chi connectivity index (χ0n) is 17.4. The van der Waals surface area contributed by atoms with E-state index in [1.54, 1.807) is 30.3 Å². The number of amides is 1. The number of nitrogens with one attached hydrogen (secondary N) is 1. The number of ether oxygens (including phenoxy) is 2. The lowest BCUT2D eigenvalue weighted by Crippen LogP contribution is -2.24. The Morgan fingerprint density at radius 1 is 1.06 bits per heavy atom. The van der Waals surface area contributed by atoms with E-state index in [2.05, 4.69) is 24.4 Å². The number of hydrogen-bond acceptors (Lipinski definition) is 6. The van der Waals surface area contributed by atoms with E-state index in [9.17, 15) is 9.59 Å². The van der Waals surface area contributed by atoms with E-state index in [-0.39, 0.29) is 18.3 Å². The molecule has 0 saturated carbocycles. The van der Waals surface area contributed by atoms with E-state index < -0.39 is 5.97 Å². The Bertz CT molecular complexity index is 1010. The van der Waals surface area contributed by atoms with E-state index >= 15 is 0 Å². The van der Waals surface area contributed by atoms with Crippen LogP contribution in [0.2, 0.25) is 0 Å². The third kappa shape index (κ3) is 6.57. The molecule has 7 heteroatoms. The molecule has 0 spiro atoms. The lowest BCUT2D eigenvalue weighted by atomic mass is 9.99. The summed E-state index contributed by atoms with van der Waals surface area (Å²) in [5.41, 5.74) is 4.38. The Kier molecular flexibility index (Phi) is 7.59. The summed E-state index contributed by atoms with van der Waals surface area (Å²) in [7, 11) is 0. The Hall–Kier alpha value is -3.87. The fraction of sp³-hybridized carbons (Fsp3) is 0.208. The standard InChI is InChI=1S/C24H24N2O5/c1-3-17(2)19-8-12-20(13-9-19)30-16-23(27)26-25-15-18-6-10-21(11-7-18)31-24(28)22-5-4-14-29-22/h4-15,17H,3,16H2,1-2H3,(H,26,27)/t17-/m1/s1. The van der Waals surface area contributed by atoms with Crippen molar-refractivity contribution in [1.82, 2.24) is 5.43 Å². The molecular weight excluding hydrogens is 396 g/mol. The summed E-state index contributed by atoms with van der Waals surface area (Å²) < 4.78 is 15.7. The number of esters is 1. The normalized spacial score (nSPS) is 11.8. The molecule has 3 rings (SSSR count). The van der Waals surface area contributed by atoms with Crippen LogP contribution in [0.5, 0.6) is 11.5 Å². The fourth-order valence-corrected chi connectivity index (χ4v) is 2.66. The van der Waals surface area contributed by atoms with Crippen LogP contribution in [0.1, 0.15) is 47.9 Å². The van der Waals surface area contributed by atoms with Gasteiger partial charge in [0.1, 0.15) is 11.5 Å². The van der Waals surface area contributed by atoms with Crippen LogP contribution in [0.3, 0.4) is 0 Å². The molecule has 1 N–H and O–H groups in total. The van der Waals surface area contributed by atoms with Crippen LogP contribution in [0.25, 0.3) is 0 Å². The highest BCUT2D eigenvalue weighted by Gasteiger charge is 2.11. The zero-order chi connectivity index (χ0) is 22.1. The van der Waals surface area contributed by atoms with E-state index in [4.69, 9.17) is 13.9 Å². The minimum absolute atomic E-state index is 0.127. The van der Waals surface area contributed by atoms with Crippen LogP contribution < -0.4 is 14.9 Å². The van der Waals surface area contributed by atoms with Gasteiger partial charge < -0.3 is 13.9 Å². The molecule has 3 aromatic rings. The zero-order valence-corrected chi connectivity index (χ0v) is 17.4. The monoisotopic (exact) mass is 420 g/mol. The average Bonchev–Trinajstić information content (AvgIpc) is 3.34. The van der Waals surface area contributed by atoms with Gasteiger partial charge in [-0.1, -0.05) is 26.0 Å². The number of benzene rings is 2. The summed E-state index contributed by atoms with van der Waals surface area (Å²) in [6, 6.07) is 17.5. The van der Waals surface area contributed by atoms with Gasteiger partial charge in [-0.15, -0.1) is 0 Å². The van der Waals surface area contributed by atoms with Crippen LogP contribution >= 0.6 is 0 Å². The number of nitrogens with zero attached hydrogens (tertiary/aromatic N) is 1. The molecule has 0 aliphatic heterocycles. The molecule has 1 aromatic heterocycles. The van der Waals surface area contributed by atoms with Crippen LogP contribution in [0, 0.1) is 0 Å². The molecule has 2 aromatic carbocycles. The van der Waals surface area contributed by atoms with Crippen molar-refractivity contribution in [1.29, 1.82) is 0 Å². The molecule has 0 fully saturated rings. The molecular formula is C24H24N2O5. The van der Waals surface area contributed by atoms with E-state index in [0.29, 0.717) is 17.4 Å². The highest BCUT2D eigenvalue weighted by atomic mass is 16.5. The van der Waals surface area contributed by atoms with Gasteiger partial charge in [-0.2, -0.15) is 5.10 Å². The van der Waals surface area contributed by atoms with Gasteiger partial charge in [0.15, 0.2) is 6.61 Å². The van der Waals surface area contributed by atoms with Gasteiger partial charge in [0, 0.05) is 0 Å². The summed E-state index contributed by atoms with van der Waals surface area (Å²) in [6.45, 7) is 4.18. The summed E-state index contributed by atoms with van der Waals surface area (Å²) >= 11 is 0.